The third-order valence-electron chi connectivity index (χ3n) is 11.3. The maximum Gasteiger partial charge on any atom is 0.136 e. The molecule has 11 rings (SSSR count). The topological polar surface area (TPSA) is 16.4 Å². The van der Waals surface area contributed by atoms with Crippen LogP contribution in [0.3, 0.4) is 0 Å². The van der Waals surface area contributed by atoms with Gasteiger partial charge >= 0.3 is 0 Å². The Morgan fingerprint density at radius 2 is 0.696 bits per heavy atom. The van der Waals surface area contributed by atoms with Gasteiger partial charge in [-0.25, -0.2) is 0 Å². The summed E-state index contributed by atoms with van der Waals surface area (Å²) < 4.78 is 6.35. The highest BCUT2D eigenvalue weighted by molar-refractivity contribution is 6.36. The normalized spacial score (nSPS) is 11.6. The predicted octanol–water partition coefficient (Wildman–Crippen LogP) is 15.5. The molecular formula is C54H35NO. The van der Waals surface area contributed by atoms with Gasteiger partial charge in [-0.2, -0.15) is 0 Å². The van der Waals surface area contributed by atoms with Crippen LogP contribution in [0.25, 0.3) is 87.6 Å². The Morgan fingerprint density at radius 3 is 1.34 bits per heavy atom. The fourth-order valence-corrected chi connectivity index (χ4v) is 8.65. The summed E-state index contributed by atoms with van der Waals surface area (Å²) in [5.41, 5.74) is 12.4. The van der Waals surface area contributed by atoms with Gasteiger partial charge in [-0.05, 0) is 115 Å². The summed E-state index contributed by atoms with van der Waals surface area (Å²) in [6.45, 7) is 0. The molecule has 0 bridgehead atoms. The minimum atomic E-state index is 0.919. The molecule has 0 radical (unpaired) electrons. The molecule has 0 aliphatic heterocycles. The smallest absolute Gasteiger partial charge is 0.136 e. The van der Waals surface area contributed by atoms with Gasteiger partial charge < -0.3 is 9.32 Å². The molecule has 0 N–H and O–H groups in total. The van der Waals surface area contributed by atoms with Gasteiger partial charge in [0.2, 0.25) is 0 Å². The van der Waals surface area contributed by atoms with Crippen molar-refractivity contribution in [2.75, 3.05) is 4.90 Å². The Balaban J connectivity index is 1.000. The van der Waals surface area contributed by atoms with Crippen molar-refractivity contribution in [2.45, 2.75) is 0 Å². The van der Waals surface area contributed by atoms with Gasteiger partial charge in [0.25, 0.3) is 0 Å². The van der Waals surface area contributed by atoms with E-state index in [0.717, 1.165) is 33.6 Å². The van der Waals surface area contributed by atoms with Crippen molar-refractivity contribution in [2.24, 2.45) is 0 Å². The summed E-state index contributed by atoms with van der Waals surface area (Å²) in [6, 6.07) is 76.3. The van der Waals surface area contributed by atoms with Crippen LogP contribution in [0, 0.1) is 0 Å². The second kappa shape index (κ2) is 13.2. The van der Waals surface area contributed by atoms with Crippen LogP contribution < -0.4 is 4.90 Å². The lowest BCUT2D eigenvalue weighted by molar-refractivity contribution is 0.669. The number of fused-ring (bicyclic) bond motifs is 10. The summed E-state index contributed by atoms with van der Waals surface area (Å²) in [4.78, 5) is 2.33. The van der Waals surface area contributed by atoms with Crippen molar-refractivity contribution < 1.29 is 4.42 Å². The van der Waals surface area contributed by atoms with Crippen molar-refractivity contribution in [3.8, 4) is 33.4 Å². The number of furan rings is 1. The molecule has 0 spiro atoms. The Bertz CT molecular complexity index is 3170. The van der Waals surface area contributed by atoms with E-state index in [2.05, 4.69) is 211 Å². The number of hydrogen-bond donors (Lipinski definition) is 0. The van der Waals surface area contributed by atoms with Gasteiger partial charge in [0.15, 0.2) is 0 Å². The van der Waals surface area contributed by atoms with Gasteiger partial charge in [-0.3, -0.25) is 0 Å². The van der Waals surface area contributed by atoms with E-state index >= 15 is 0 Å². The quantitative estimate of drug-likeness (QED) is 0.160. The van der Waals surface area contributed by atoms with Crippen LogP contribution in [0.2, 0.25) is 0 Å². The third-order valence-corrected chi connectivity index (χ3v) is 11.3. The van der Waals surface area contributed by atoms with Gasteiger partial charge in [0.1, 0.15) is 11.2 Å². The van der Waals surface area contributed by atoms with Crippen LogP contribution in [0.5, 0.6) is 0 Å². The second-order valence-electron chi connectivity index (χ2n) is 14.4. The van der Waals surface area contributed by atoms with E-state index in [1.54, 1.807) is 0 Å². The molecule has 2 heteroatoms. The predicted molar refractivity (Wildman–Crippen MR) is 237 cm³/mol. The minimum Gasteiger partial charge on any atom is -0.456 e. The average molecular weight is 714 g/mol. The Morgan fingerprint density at radius 1 is 0.250 bits per heavy atom. The molecule has 0 fully saturated rings. The first kappa shape index (κ1) is 32.0. The molecule has 10 aromatic carbocycles. The zero-order valence-electron chi connectivity index (χ0n) is 30.6. The Kier molecular flexibility index (Phi) is 7.53. The van der Waals surface area contributed by atoms with Crippen molar-refractivity contribution in [3.05, 3.63) is 212 Å². The van der Waals surface area contributed by atoms with Crippen LogP contribution in [0.15, 0.2) is 217 Å². The van der Waals surface area contributed by atoms with Crippen LogP contribution in [-0.2, 0) is 0 Å². The molecular weight excluding hydrogens is 679 g/mol. The number of anilines is 3. The van der Waals surface area contributed by atoms with E-state index in [-0.39, 0.29) is 0 Å². The van der Waals surface area contributed by atoms with E-state index in [4.69, 9.17) is 4.42 Å². The highest BCUT2D eigenvalue weighted by atomic mass is 16.3. The lowest BCUT2D eigenvalue weighted by atomic mass is 9.88. The number of rotatable bonds is 6. The maximum atomic E-state index is 6.35. The monoisotopic (exact) mass is 713 g/mol. The van der Waals surface area contributed by atoms with Crippen molar-refractivity contribution in [1.82, 2.24) is 0 Å². The first-order valence-electron chi connectivity index (χ1n) is 19.2. The lowest BCUT2D eigenvalue weighted by Gasteiger charge is -2.26. The highest BCUT2D eigenvalue weighted by Crippen LogP contribution is 2.45. The summed E-state index contributed by atoms with van der Waals surface area (Å²) in [6.07, 6.45) is 0. The molecule has 0 atom stereocenters. The van der Waals surface area contributed by atoms with Gasteiger partial charge in [0.05, 0.1) is 0 Å². The lowest BCUT2D eigenvalue weighted by Crippen LogP contribution is -2.09. The van der Waals surface area contributed by atoms with Crippen LogP contribution >= 0.6 is 0 Å². The van der Waals surface area contributed by atoms with Crippen LogP contribution in [0.4, 0.5) is 17.1 Å². The van der Waals surface area contributed by atoms with Gasteiger partial charge in [0, 0.05) is 33.2 Å². The molecule has 1 heterocycles. The van der Waals surface area contributed by atoms with Crippen molar-refractivity contribution in [3.63, 3.8) is 0 Å². The fourth-order valence-electron chi connectivity index (χ4n) is 8.65. The van der Waals surface area contributed by atoms with E-state index in [1.807, 2.05) is 6.07 Å². The van der Waals surface area contributed by atoms with Crippen LogP contribution in [-0.4, -0.2) is 0 Å². The molecule has 0 aliphatic carbocycles. The minimum absolute atomic E-state index is 0.919. The average Bonchev–Trinajstić information content (AvgIpc) is 3.67. The molecule has 0 saturated carbocycles. The van der Waals surface area contributed by atoms with Gasteiger partial charge in [-0.1, -0.05) is 158 Å². The molecule has 11 aromatic rings. The molecule has 2 nitrogen and oxygen atoms in total. The van der Waals surface area contributed by atoms with Crippen LogP contribution in [0.1, 0.15) is 0 Å². The first-order chi connectivity index (χ1) is 27.8. The van der Waals surface area contributed by atoms with Crippen molar-refractivity contribution in [1.29, 1.82) is 0 Å². The first-order valence-corrected chi connectivity index (χ1v) is 19.2. The Hall–Kier alpha value is -7.42. The zero-order valence-corrected chi connectivity index (χ0v) is 30.6. The molecule has 56 heavy (non-hydrogen) atoms. The van der Waals surface area contributed by atoms with E-state index < -0.39 is 0 Å². The summed E-state index contributed by atoms with van der Waals surface area (Å²) in [7, 11) is 0. The molecule has 0 amide bonds. The summed E-state index contributed by atoms with van der Waals surface area (Å²) in [5.74, 6) is 0. The standard InChI is InChI=1S/C54H35NO/c1-3-12-36(13-4-1)37-22-24-38(25-23-37)39-26-30-42(31-27-39)55(41-14-5-2-6-15-41)43-32-28-40(29-33-43)44-19-11-20-46-48-34-35-51-54(49-18-9-10-21-50(49)56-51)53(48)47-17-8-7-16-45(47)52(44)46/h1-35H. The third kappa shape index (κ3) is 5.26. The molecule has 0 saturated heterocycles. The SMILES string of the molecule is c1ccc(-c2ccc(-c3ccc(N(c4ccccc4)c4ccc(-c5cccc6c7ccc8oc9ccccc9c8c7c7ccccc7c56)cc4)cc3)cc2)cc1. The Labute approximate surface area is 325 Å². The van der Waals surface area contributed by atoms with Crippen molar-refractivity contribution >= 4 is 71.3 Å². The van der Waals surface area contributed by atoms with E-state index in [9.17, 15) is 0 Å². The largest absolute Gasteiger partial charge is 0.456 e. The molecule has 0 aliphatic rings. The number of hydrogen-bond acceptors (Lipinski definition) is 2. The number of nitrogens with zero attached hydrogens (tertiary/aromatic N) is 1. The van der Waals surface area contributed by atoms with E-state index in [1.165, 1.54) is 71.1 Å². The highest BCUT2D eigenvalue weighted by Gasteiger charge is 2.19. The molecule has 262 valence electrons. The summed E-state index contributed by atoms with van der Waals surface area (Å²) in [5, 5.41) is 9.81. The maximum absolute atomic E-state index is 6.35. The number of para-hydroxylation sites is 2. The summed E-state index contributed by atoms with van der Waals surface area (Å²) >= 11 is 0. The molecule has 0 unspecified atom stereocenters. The van der Waals surface area contributed by atoms with Gasteiger partial charge in [-0.15, -0.1) is 0 Å². The van der Waals surface area contributed by atoms with E-state index in [0.29, 0.717) is 0 Å². The number of benzene rings is 10. The molecule has 1 aromatic heterocycles. The second-order valence-corrected chi connectivity index (χ2v) is 14.4. The zero-order chi connectivity index (χ0) is 37.0. The fraction of sp³-hybridized carbons (Fsp3) is 0.